The van der Waals surface area contributed by atoms with E-state index in [2.05, 4.69) is 36.9 Å². The molecule has 0 amide bonds. The number of nitrogens with zero attached hydrogens (tertiary/aromatic N) is 1. The minimum atomic E-state index is 0.998. The number of thiocarbonyl (C=S) groups is 1. The van der Waals surface area contributed by atoms with Gasteiger partial charge >= 0.3 is 0 Å². The maximum Gasteiger partial charge on any atom is 0.136 e. The molecule has 0 unspecified atom stereocenters. The van der Waals surface area contributed by atoms with Crippen molar-refractivity contribution in [2.45, 2.75) is 32.4 Å². The number of likely N-dealkylation sites (tertiary alicyclic amines) is 1. The van der Waals surface area contributed by atoms with Crippen LogP contribution in [0.15, 0.2) is 18.2 Å². The van der Waals surface area contributed by atoms with Crippen LogP contribution >= 0.6 is 24.0 Å². The maximum atomic E-state index is 5.47. The van der Waals surface area contributed by atoms with Gasteiger partial charge in [-0.05, 0) is 32.3 Å². The Bertz CT molecular complexity index is 388. The van der Waals surface area contributed by atoms with Gasteiger partial charge in [-0.1, -0.05) is 53.3 Å². The topological polar surface area (TPSA) is 3.24 Å². The lowest BCUT2D eigenvalue weighted by Crippen LogP contribution is -2.23. The van der Waals surface area contributed by atoms with Gasteiger partial charge in [-0.3, -0.25) is 0 Å². The van der Waals surface area contributed by atoms with E-state index in [4.69, 9.17) is 12.2 Å². The van der Waals surface area contributed by atoms with E-state index in [9.17, 15) is 0 Å². The molecule has 17 heavy (non-hydrogen) atoms. The monoisotopic (exact) mass is 265 g/mol. The molecule has 1 aromatic rings. The van der Waals surface area contributed by atoms with E-state index < -0.39 is 0 Å². The zero-order valence-corrected chi connectivity index (χ0v) is 12.2. The minimum absolute atomic E-state index is 0.998. The first-order valence-electron chi connectivity index (χ1n) is 6.14. The second kappa shape index (κ2) is 5.87. The third-order valence-electron chi connectivity index (χ3n) is 3.01. The smallest absolute Gasteiger partial charge is 0.136 e. The summed E-state index contributed by atoms with van der Waals surface area (Å²) in [7, 11) is 0. The van der Waals surface area contributed by atoms with E-state index in [1.54, 1.807) is 11.8 Å². The second-order valence-corrected chi connectivity index (χ2v) is 6.35. The predicted molar refractivity (Wildman–Crippen MR) is 80.6 cm³/mol. The van der Waals surface area contributed by atoms with E-state index in [1.165, 1.54) is 29.5 Å². The van der Waals surface area contributed by atoms with Crippen LogP contribution in [0.3, 0.4) is 0 Å². The van der Waals surface area contributed by atoms with Crippen molar-refractivity contribution >= 4 is 28.3 Å². The lowest BCUT2D eigenvalue weighted by atomic mass is 10.1. The van der Waals surface area contributed by atoms with Gasteiger partial charge in [0.1, 0.15) is 4.32 Å². The number of rotatable bonds is 2. The molecule has 0 N–H and O–H groups in total. The van der Waals surface area contributed by atoms with E-state index in [0.717, 1.165) is 23.2 Å². The zero-order chi connectivity index (χ0) is 12.3. The van der Waals surface area contributed by atoms with Crippen LogP contribution in [-0.2, 0) is 5.75 Å². The molecule has 2 rings (SSSR count). The summed E-state index contributed by atoms with van der Waals surface area (Å²) in [6.07, 6.45) is 2.59. The Labute approximate surface area is 114 Å². The van der Waals surface area contributed by atoms with Crippen LogP contribution in [0.2, 0.25) is 0 Å². The van der Waals surface area contributed by atoms with Gasteiger partial charge in [-0.2, -0.15) is 0 Å². The molecule has 3 heteroatoms. The average Bonchev–Trinajstić information content (AvgIpc) is 2.78. The van der Waals surface area contributed by atoms with Gasteiger partial charge < -0.3 is 4.90 Å². The molecule has 1 aliphatic rings. The number of aryl methyl sites for hydroxylation is 2. The van der Waals surface area contributed by atoms with E-state index in [-0.39, 0.29) is 0 Å². The summed E-state index contributed by atoms with van der Waals surface area (Å²) >= 11 is 7.27. The Morgan fingerprint density at radius 1 is 1.18 bits per heavy atom. The lowest BCUT2D eigenvalue weighted by molar-refractivity contribution is 0.539. The molecule has 1 heterocycles. The van der Waals surface area contributed by atoms with Crippen LogP contribution < -0.4 is 0 Å². The Morgan fingerprint density at radius 2 is 1.76 bits per heavy atom. The largest absolute Gasteiger partial charge is 0.358 e. The van der Waals surface area contributed by atoms with Gasteiger partial charge in [0.25, 0.3) is 0 Å². The molecule has 1 saturated heterocycles. The summed E-state index contributed by atoms with van der Waals surface area (Å²) in [5.41, 5.74) is 4.06. The van der Waals surface area contributed by atoms with Gasteiger partial charge in [0.15, 0.2) is 0 Å². The van der Waals surface area contributed by atoms with Crippen LogP contribution in [0, 0.1) is 13.8 Å². The van der Waals surface area contributed by atoms with Crippen molar-refractivity contribution in [3.63, 3.8) is 0 Å². The molecule has 0 aliphatic carbocycles. The van der Waals surface area contributed by atoms with Crippen molar-refractivity contribution in [1.82, 2.24) is 4.90 Å². The van der Waals surface area contributed by atoms with Gasteiger partial charge in [0.05, 0.1) is 0 Å². The summed E-state index contributed by atoms with van der Waals surface area (Å²) < 4.78 is 1.07. The molecule has 0 saturated carbocycles. The summed E-state index contributed by atoms with van der Waals surface area (Å²) in [5, 5.41) is 0. The molecule has 0 radical (unpaired) electrons. The van der Waals surface area contributed by atoms with Gasteiger partial charge in [-0.15, -0.1) is 0 Å². The Kier molecular flexibility index (Phi) is 4.46. The molecule has 1 fully saturated rings. The van der Waals surface area contributed by atoms with Crippen LogP contribution in [0.25, 0.3) is 0 Å². The average molecular weight is 265 g/mol. The third kappa shape index (κ3) is 3.71. The predicted octanol–water partition coefficient (Wildman–Crippen LogP) is 3.92. The summed E-state index contributed by atoms with van der Waals surface area (Å²) in [6, 6.07) is 6.73. The summed E-state index contributed by atoms with van der Waals surface area (Å²) in [4.78, 5) is 2.34. The van der Waals surface area contributed by atoms with Crippen LogP contribution in [0.5, 0.6) is 0 Å². The molecule has 0 aromatic heterocycles. The Morgan fingerprint density at radius 3 is 2.35 bits per heavy atom. The molecule has 0 atom stereocenters. The third-order valence-corrected chi connectivity index (χ3v) is 4.60. The Balaban J connectivity index is 1.90. The van der Waals surface area contributed by atoms with Crippen molar-refractivity contribution in [3.8, 4) is 0 Å². The van der Waals surface area contributed by atoms with Crippen LogP contribution in [-0.4, -0.2) is 22.3 Å². The normalized spacial score (nSPS) is 15.3. The number of thioether (sulfide) groups is 1. The molecule has 0 bridgehead atoms. The van der Waals surface area contributed by atoms with Crippen LogP contribution in [0.1, 0.15) is 29.5 Å². The molecular formula is C14H19NS2. The minimum Gasteiger partial charge on any atom is -0.358 e. The van der Waals surface area contributed by atoms with Crippen LogP contribution in [0.4, 0.5) is 0 Å². The van der Waals surface area contributed by atoms with Crippen molar-refractivity contribution < 1.29 is 0 Å². The second-order valence-electron chi connectivity index (χ2n) is 4.74. The highest BCUT2D eigenvalue weighted by molar-refractivity contribution is 8.22. The first-order chi connectivity index (χ1) is 8.15. The number of benzene rings is 1. The quantitative estimate of drug-likeness (QED) is 0.746. The molecule has 1 aliphatic heterocycles. The standard InChI is InChI=1S/C14H19NS2/c1-11-7-12(2)9-13(8-11)10-17-14(16)15-5-3-4-6-15/h7-9H,3-6,10H2,1-2H3. The zero-order valence-electron chi connectivity index (χ0n) is 10.5. The fourth-order valence-corrected chi connectivity index (χ4v) is 3.47. The first-order valence-corrected chi connectivity index (χ1v) is 7.53. The fraction of sp³-hybridized carbons (Fsp3) is 0.500. The van der Waals surface area contributed by atoms with E-state index in [1.807, 2.05) is 0 Å². The first kappa shape index (κ1) is 12.9. The number of hydrogen-bond acceptors (Lipinski definition) is 2. The Hall–Kier alpha value is -0.540. The molecule has 1 nitrogen and oxygen atoms in total. The van der Waals surface area contributed by atoms with Gasteiger partial charge in [0, 0.05) is 18.8 Å². The van der Waals surface area contributed by atoms with Gasteiger partial charge in [-0.25, -0.2) is 0 Å². The maximum absolute atomic E-state index is 5.47. The van der Waals surface area contributed by atoms with Crippen molar-refractivity contribution in [2.75, 3.05) is 13.1 Å². The van der Waals surface area contributed by atoms with E-state index >= 15 is 0 Å². The highest BCUT2D eigenvalue weighted by Gasteiger charge is 2.14. The molecular weight excluding hydrogens is 246 g/mol. The summed E-state index contributed by atoms with van der Waals surface area (Å²) in [6.45, 7) is 6.61. The fourth-order valence-electron chi connectivity index (χ4n) is 2.29. The highest BCUT2D eigenvalue weighted by Crippen LogP contribution is 2.21. The molecule has 0 spiro atoms. The van der Waals surface area contributed by atoms with Crippen molar-refractivity contribution in [3.05, 3.63) is 34.9 Å². The van der Waals surface area contributed by atoms with Crippen molar-refractivity contribution in [1.29, 1.82) is 0 Å². The summed E-state index contributed by atoms with van der Waals surface area (Å²) in [5.74, 6) is 0.998. The lowest BCUT2D eigenvalue weighted by Gasteiger charge is -2.17. The van der Waals surface area contributed by atoms with Gasteiger partial charge in [0.2, 0.25) is 0 Å². The SMILES string of the molecule is Cc1cc(C)cc(CSC(=S)N2CCCC2)c1. The molecule has 92 valence electrons. The molecule has 1 aromatic carbocycles. The van der Waals surface area contributed by atoms with Crippen molar-refractivity contribution in [2.24, 2.45) is 0 Å². The number of hydrogen-bond donors (Lipinski definition) is 0. The highest BCUT2D eigenvalue weighted by atomic mass is 32.2. The van der Waals surface area contributed by atoms with E-state index in [0.29, 0.717) is 0 Å².